The van der Waals surface area contributed by atoms with Crippen LogP contribution >= 0.6 is 23.2 Å². The molecule has 1 saturated carbocycles. The minimum Gasteiger partial charge on any atom is -0.350 e. The van der Waals surface area contributed by atoms with E-state index in [1.165, 1.54) is 19.3 Å². The number of rotatable bonds is 6. The minimum atomic E-state index is -0.694. The molecule has 138 valence electrons. The molecule has 0 saturated heterocycles. The number of amides is 2. The number of nitrogens with one attached hydrogen (secondary N) is 2. The van der Waals surface area contributed by atoms with E-state index in [4.69, 9.17) is 28.9 Å². The molecule has 1 aliphatic carbocycles. The van der Waals surface area contributed by atoms with E-state index in [-0.39, 0.29) is 22.5 Å². The highest BCUT2D eigenvalue weighted by molar-refractivity contribution is 6.43. The van der Waals surface area contributed by atoms with Crippen molar-refractivity contribution in [2.24, 2.45) is 11.7 Å². The van der Waals surface area contributed by atoms with E-state index in [1.807, 2.05) is 0 Å². The van der Waals surface area contributed by atoms with Gasteiger partial charge < -0.3 is 16.4 Å². The third kappa shape index (κ3) is 5.33. The maximum absolute atomic E-state index is 12.4. The van der Waals surface area contributed by atoms with Crippen molar-refractivity contribution in [3.05, 3.63) is 33.8 Å². The van der Waals surface area contributed by atoms with Crippen LogP contribution in [0.3, 0.4) is 0 Å². The van der Waals surface area contributed by atoms with Crippen LogP contribution in [0, 0.1) is 5.92 Å². The van der Waals surface area contributed by atoms with E-state index in [1.54, 1.807) is 25.1 Å². The summed E-state index contributed by atoms with van der Waals surface area (Å²) in [6.45, 7) is 2.04. The van der Waals surface area contributed by atoms with E-state index in [2.05, 4.69) is 10.6 Å². The largest absolute Gasteiger partial charge is 0.350 e. The Labute approximate surface area is 158 Å². The van der Waals surface area contributed by atoms with Gasteiger partial charge in [0.25, 0.3) is 5.91 Å². The fourth-order valence-electron chi connectivity index (χ4n) is 3.23. The smallest absolute Gasteiger partial charge is 0.253 e. The number of carbonyl (C=O) groups excluding carboxylic acids is 2. The molecule has 1 aromatic rings. The lowest BCUT2D eigenvalue weighted by molar-refractivity contribution is -0.123. The summed E-state index contributed by atoms with van der Waals surface area (Å²) < 4.78 is 0. The first-order valence-electron chi connectivity index (χ1n) is 8.69. The lowest BCUT2D eigenvalue weighted by Crippen LogP contribution is -2.52. The van der Waals surface area contributed by atoms with Crippen molar-refractivity contribution in [1.82, 2.24) is 10.6 Å². The molecule has 5 nitrogen and oxygen atoms in total. The molecule has 2 unspecified atom stereocenters. The van der Waals surface area contributed by atoms with Crippen LogP contribution in [-0.4, -0.2) is 30.4 Å². The third-order valence-corrected chi connectivity index (χ3v) is 5.56. The van der Waals surface area contributed by atoms with Gasteiger partial charge in [-0.05, 0) is 37.8 Å². The molecule has 2 amide bonds. The van der Waals surface area contributed by atoms with Crippen molar-refractivity contribution in [2.75, 3.05) is 6.54 Å². The number of benzene rings is 1. The molecule has 0 heterocycles. The Morgan fingerprint density at radius 3 is 2.52 bits per heavy atom. The molecule has 0 aromatic heterocycles. The van der Waals surface area contributed by atoms with Crippen molar-refractivity contribution in [2.45, 2.75) is 51.1 Å². The normalized spacial score (nSPS) is 17.6. The summed E-state index contributed by atoms with van der Waals surface area (Å²) in [5.41, 5.74) is 6.09. The molecule has 4 N–H and O–H groups in total. The molecule has 25 heavy (non-hydrogen) atoms. The second kappa shape index (κ2) is 9.41. The van der Waals surface area contributed by atoms with Crippen molar-refractivity contribution in [3.63, 3.8) is 0 Å². The molecule has 0 radical (unpaired) electrons. The Morgan fingerprint density at radius 2 is 1.88 bits per heavy atom. The molecule has 1 fully saturated rings. The lowest BCUT2D eigenvalue weighted by Gasteiger charge is -2.31. The second-order valence-electron chi connectivity index (χ2n) is 6.55. The van der Waals surface area contributed by atoms with Gasteiger partial charge in [0.1, 0.15) is 6.04 Å². The first kappa shape index (κ1) is 20.0. The molecule has 1 aromatic carbocycles. The monoisotopic (exact) mass is 385 g/mol. The van der Waals surface area contributed by atoms with Crippen LogP contribution in [-0.2, 0) is 4.79 Å². The molecule has 0 bridgehead atoms. The highest BCUT2D eigenvalue weighted by Crippen LogP contribution is 2.27. The zero-order valence-corrected chi connectivity index (χ0v) is 15.9. The van der Waals surface area contributed by atoms with Crippen LogP contribution in [0.5, 0.6) is 0 Å². The zero-order valence-electron chi connectivity index (χ0n) is 14.4. The summed E-state index contributed by atoms with van der Waals surface area (Å²) in [6, 6.07) is 4.06. The first-order chi connectivity index (χ1) is 11.9. The fourth-order valence-corrected chi connectivity index (χ4v) is 3.62. The van der Waals surface area contributed by atoms with E-state index < -0.39 is 11.9 Å². The van der Waals surface area contributed by atoms with Crippen LogP contribution < -0.4 is 16.4 Å². The Kier molecular flexibility index (Phi) is 7.54. The summed E-state index contributed by atoms with van der Waals surface area (Å²) >= 11 is 12.0. The zero-order chi connectivity index (χ0) is 18.4. The SMILES string of the molecule is CC(NC(=O)c1cccc(Cl)c1Cl)C(=O)NC(CN)C1CCCCC1. The highest BCUT2D eigenvalue weighted by Gasteiger charge is 2.26. The van der Waals surface area contributed by atoms with Crippen LogP contribution in [0.1, 0.15) is 49.4 Å². The van der Waals surface area contributed by atoms with Crippen LogP contribution in [0.15, 0.2) is 18.2 Å². The Morgan fingerprint density at radius 1 is 1.20 bits per heavy atom. The van der Waals surface area contributed by atoms with Crippen molar-refractivity contribution >= 4 is 35.0 Å². The summed E-state index contributed by atoms with van der Waals surface area (Å²) in [4.78, 5) is 24.8. The maximum Gasteiger partial charge on any atom is 0.253 e. The second-order valence-corrected chi connectivity index (χ2v) is 7.33. The van der Waals surface area contributed by atoms with Gasteiger partial charge in [-0.3, -0.25) is 9.59 Å². The first-order valence-corrected chi connectivity index (χ1v) is 9.45. The maximum atomic E-state index is 12.4. The van der Waals surface area contributed by atoms with Gasteiger partial charge >= 0.3 is 0 Å². The standard InChI is InChI=1S/C18H25Cl2N3O2/c1-11(22-18(25)13-8-5-9-14(19)16(13)20)17(24)23-15(10-21)12-6-3-2-4-7-12/h5,8-9,11-12,15H,2-4,6-7,10,21H2,1H3,(H,22,25)(H,23,24). The molecule has 1 aliphatic rings. The number of nitrogens with two attached hydrogens (primary N) is 1. The van der Waals surface area contributed by atoms with E-state index in [0.717, 1.165) is 12.8 Å². The number of hydrogen-bond donors (Lipinski definition) is 3. The number of carbonyl (C=O) groups is 2. The molecular weight excluding hydrogens is 361 g/mol. The topological polar surface area (TPSA) is 84.2 Å². The van der Waals surface area contributed by atoms with Crippen molar-refractivity contribution in [1.29, 1.82) is 0 Å². The van der Waals surface area contributed by atoms with Gasteiger partial charge in [0.15, 0.2) is 0 Å². The van der Waals surface area contributed by atoms with Crippen molar-refractivity contribution in [3.8, 4) is 0 Å². The van der Waals surface area contributed by atoms with Gasteiger partial charge in [-0.15, -0.1) is 0 Å². The molecule has 0 aliphatic heterocycles. The predicted molar refractivity (Wildman–Crippen MR) is 101 cm³/mol. The summed E-state index contributed by atoms with van der Waals surface area (Å²) in [7, 11) is 0. The quantitative estimate of drug-likeness (QED) is 0.702. The van der Waals surface area contributed by atoms with Gasteiger partial charge in [0.2, 0.25) is 5.91 Å². The minimum absolute atomic E-state index is 0.0538. The fraction of sp³-hybridized carbons (Fsp3) is 0.556. The Bertz CT molecular complexity index is 618. The van der Waals surface area contributed by atoms with Gasteiger partial charge in [0.05, 0.1) is 15.6 Å². The van der Waals surface area contributed by atoms with Crippen molar-refractivity contribution < 1.29 is 9.59 Å². The summed E-state index contributed by atoms with van der Waals surface area (Å²) in [6.07, 6.45) is 5.77. The lowest BCUT2D eigenvalue weighted by atomic mass is 9.84. The summed E-state index contributed by atoms with van der Waals surface area (Å²) in [5, 5.41) is 6.12. The Hall–Kier alpha value is -1.30. The van der Waals surface area contributed by atoms with Crippen LogP contribution in [0.25, 0.3) is 0 Å². The van der Waals surface area contributed by atoms with Crippen LogP contribution in [0.4, 0.5) is 0 Å². The average Bonchev–Trinajstić information content (AvgIpc) is 2.62. The van der Waals surface area contributed by atoms with E-state index >= 15 is 0 Å². The molecule has 7 heteroatoms. The van der Waals surface area contributed by atoms with Gasteiger partial charge in [0, 0.05) is 12.6 Å². The van der Waals surface area contributed by atoms with Crippen LogP contribution in [0.2, 0.25) is 10.0 Å². The van der Waals surface area contributed by atoms with E-state index in [0.29, 0.717) is 17.5 Å². The number of halogens is 2. The number of hydrogen-bond acceptors (Lipinski definition) is 3. The molecule has 2 atom stereocenters. The average molecular weight is 386 g/mol. The van der Waals surface area contributed by atoms with Gasteiger partial charge in [-0.2, -0.15) is 0 Å². The Balaban J connectivity index is 1.94. The third-order valence-electron chi connectivity index (χ3n) is 4.74. The molecule has 2 rings (SSSR count). The van der Waals surface area contributed by atoms with Gasteiger partial charge in [-0.1, -0.05) is 48.5 Å². The summed E-state index contributed by atoms with van der Waals surface area (Å²) in [5.74, 6) is -0.266. The van der Waals surface area contributed by atoms with E-state index in [9.17, 15) is 9.59 Å². The molecular formula is C18H25Cl2N3O2. The molecule has 0 spiro atoms. The highest BCUT2D eigenvalue weighted by atomic mass is 35.5. The predicted octanol–water partition coefficient (Wildman–Crippen LogP) is 3.14. The van der Waals surface area contributed by atoms with Gasteiger partial charge in [-0.25, -0.2) is 0 Å².